The van der Waals surface area contributed by atoms with Crippen molar-refractivity contribution in [2.24, 2.45) is 10.7 Å². The average molecular weight is 208 g/mol. The Hall–Kier alpha value is -1.00. The van der Waals surface area contributed by atoms with Crippen LogP contribution in [0.1, 0.15) is 5.56 Å². The van der Waals surface area contributed by atoms with Crippen molar-refractivity contribution in [1.82, 2.24) is 0 Å². The molecule has 0 atom stereocenters. The van der Waals surface area contributed by atoms with Gasteiger partial charge in [-0.25, -0.2) is 0 Å². The third kappa shape index (κ3) is 1.76. The molecular weight excluding hydrogens is 196 g/mol. The van der Waals surface area contributed by atoms with E-state index in [0.717, 1.165) is 22.6 Å². The zero-order chi connectivity index (χ0) is 9.97. The SMILES string of the molecule is NCCc1cc(O)c2c(c1)SCC=N2. The molecule has 14 heavy (non-hydrogen) atoms. The van der Waals surface area contributed by atoms with Crippen LogP contribution >= 0.6 is 11.8 Å². The van der Waals surface area contributed by atoms with Crippen LogP contribution in [0.15, 0.2) is 22.0 Å². The molecular formula is C10H12N2OS. The third-order valence-electron chi connectivity index (χ3n) is 2.08. The van der Waals surface area contributed by atoms with Crippen molar-refractivity contribution >= 4 is 23.7 Å². The number of hydrogen-bond donors (Lipinski definition) is 2. The minimum absolute atomic E-state index is 0.259. The first kappa shape index (κ1) is 9.55. The molecule has 1 aliphatic heterocycles. The van der Waals surface area contributed by atoms with Gasteiger partial charge in [0.05, 0.1) is 0 Å². The molecule has 4 heteroatoms. The molecule has 0 aromatic heterocycles. The molecule has 0 saturated heterocycles. The van der Waals surface area contributed by atoms with Gasteiger partial charge in [-0.3, -0.25) is 4.99 Å². The summed E-state index contributed by atoms with van der Waals surface area (Å²) in [5, 5.41) is 9.70. The lowest BCUT2D eigenvalue weighted by molar-refractivity contribution is 0.474. The maximum Gasteiger partial charge on any atom is 0.142 e. The molecule has 0 saturated carbocycles. The van der Waals surface area contributed by atoms with Crippen LogP contribution in [0, 0.1) is 0 Å². The van der Waals surface area contributed by atoms with E-state index in [1.165, 1.54) is 0 Å². The van der Waals surface area contributed by atoms with E-state index in [-0.39, 0.29) is 5.75 Å². The molecule has 1 heterocycles. The predicted octanol–water partition coefficient (Wildman–Crippen LogP) is 1.70. The summed E-state index contributed by atoms with van der Waals surface area (Å²) >= 11 is 1.69. The summed E-state index contributed by atoms with van der Waals surface area (Å²) in [5.41, 5.74) is 7.24. The van der Waals surface area contributed by atoms with Gasteiger partial charge in [0.1, 0.15) is 11.4 Å². The van der Waals surface area contributed by atoms with E-state index in [2.05, 4.69) is 11.1 Å². The number of aromatic hydroxyl groups is 1. The summed E-state index contributed by atoms with van der Waals surface area (Å²) in [7, 11) is 0. The molecule has 3 N–H and O–H groups in total. The minimum Gasteiger partial charge on any atom is -0.506 e. The summed E-state index contributed by atoms with van der Waals surface area (Å²) in [6.07, 6.45) is 2.61. The number of phenolic OH excluding ortho intramolecular Hbond substituents is 1. The fourth-order valence-corrected chi connectivity index (χ4v) is 2.31. The fraction of sp³-hybridized carbons (Fsp3) is 0.300. The van der Waals surface area contributed by atoms with Crippen LogP contribution in [-0.2, 0) is 6.42 Å². The molecule has 1 aliphatic rings. The normalized spacial score (nSPS) is 14.1. The van der Waals surface area contributed by atoms with Crippen LogP contribution in [0.4, 0.5) is 5.69 Å². The van der Waals surface area contributed by atoms with Crippen molar-refractivity contribution in [3.05, 3.63) is 17.7 Å². The zero-order valence-corrected chi connectivity index (χ0v) is 8.55. The average Bonchev–Trinajstić information content (AvgIpc) is 2.18. The molecule has 0 amide bonds. The Balaban J connectivity index is 2.42. The number of thioether (sulfide) groups is 1. The topological polar surface area (TPSA) is 58.6 Å². The molecule has 1 aromatic carbocycles. The smallest absolute Gasteiger partial charge is 0.142 e. The van der Waals surface area contributed by atoms with Gasteiger partial charge in [-0.15, -0.1) is 11.8 Å². The van der Waals surface area contributed by atoms with Crippen LogP contribution in [0.3, 0.4) is 0 Å². The van der Waals surface area contributed by atoms with Crippen molar-refractivity contribution in [2.45, 2.75) is 11.3 Å². The summed E-state index contributed by atoms with van der Waals surface area (Å²) in [6, 6.07) is 3.80. The minimum atomic E-state index is 0.259. The predicted molar refractivity (Wildman–Crippen MR) is 59.7 cm³/mol. The van der Waals surface area contributed by atoms with Gasteiger partial charge in [0.15, 0.2) is 0 Å². The van der Waals surface area contributed by atoms with E-state index in [4.69, 9.17) is 5.73 Å². The van der Waals surface area contributed by atoms with E-state index < -0.39 is 0 Å². The molecule has 1 aromatic rings. The molecule has 0 bridgehead atoms. The lowest BCUT2D eigenvalue weighted by atomic mass is 10.1. The molecule has 0 unspecified atom stereocenters. The van der Waals surface area contributed by atoms with Crippen LogP contribution in [-0.4, -0.2) is 23.6 Å². The molecule has 3 nitrogen and oxygen atoms in total. The Labute approximate surface area is 87.0 Å². The van der Waals surface area contributed by atoms with E-state index in [0.29, 0.717) is 12.2 Å². The van der Waals surface area contributed by atoms with Gasteiger partial charge in [-0.05, 0) is 30.7 Å². The summed E-state index contributed by atoms with van der Waals surface area (Å²) in [5.74, 6) is 1.13. The summed E-state index contributed by atoms with van der Waals surface area (Å²) in [6.45, 7) is 0.603. The first-order valence-corrected chi connectivity index (χ1v) is 5.51. The third-order valence-corrected chi connectivity index (χ3v) is 3.02. The second-order valence-electron chi connectivity index (χ2n) is 3.12. The summed E-state index contributed by atoms with van der Waals surface area (Å²) in [4.78, 5) is 5.22. The van der Waals surface area contributed by atoms with E-state index >= 15 is 0 Å². The van der Waals surface area contributed by atoms with E-state index in [1.807, 2.05) is 6.21 Å². The second kappa shape index (κ2) is 4.02. The van der Waals surface area contributed by atoms with Crippen molar-refractivity contribution in [1.29, 1.82) is 0 Å². The van der Waals surface area contributed by atoms with Crippen LogP contribution < -0.4 is 5.73 Å². The standard InChI is InChI=1S/C10H12N2OS/c11-2-1-7-5-8(13)10-9(6-7)14-4-3-12-10/h3,5-6,13H,1-2,4,11H2. The first-order chi connectivity index (χ1) is 6.81. The zero-order valence-electron chi connectivity index (χ0n) is 7.73. The van der Waals surface area contributed by atoms with Crippen molar-refractivity contribution in [2.75, 3.05) is 12.3 Å². The van der Waals surface area contributed by atoms with Gasteiger partial charge in [0.2, 0.25) is 0 Å². The van der Waals surface area contributed by atoms with Crippen LogP contribution in [0.5, 0.6) is 5.75 Å². The highest BCUT2D eigenvalue weighted by molar-refractivity contribution is 8.00. The second-order valence-corrected chi connectivity index (χ2v) is 4.18. The van der Waals surface area contributed by atoms with Crippen molar-refractivity contribution in [3.63, 3.8) is 0 Å². The van der Waals surface area contributed by atoms with Gasteiger partial charge < -0.3 is 10.8 Å². The van der Waals surface area contributed by atoms with Crippen molar-refractivity contribution in [3.8, 4) is 5.75 Å². The van der Waals surface area contributed by atoms with Crippen LogP contribution in [0.25, 0.3) is 0 Å². The highest BCUT2D eigenvalue weighted by Crippen LogP contribution is 2.40. The Bertz CT molecular complexity index is 377. The molecule has 0 spiro atoms. The lowest BCUT2D eigenvalue weighted by Gasteiger charge is -2.12. The van der Waals surface area contributed by atoms with E-state index in [1.54, 1.807) is 17.8 Å². The maximum atomic E-state index is 9.70. The number of nitrogens with zero attached hydrogens (tertiary/aromatic N) is 1. The molecule has 0 radical (unpaired) electrons. The number of rotatable bonds is 2. The monoisotopic (exact) mass is 208 g/mol. The van der Waals surface area contributed by atoms with Gasteiger partial charge in [-0.1, -0.05) is 0 Å². The largest absolute Gasteiger partial charge is 0.506 e. The Morgan fingerprint density at radius 2 is 2.36 bits per heavy atom. The number of phenols is 1. The van der Waals surface area contributed by atoms with Gasteiger partial charge in [0, 0.05) is 16.9 Å². The maximum absolute atomic E-state index is 9.70. The summed E-state index contributed by atoms with van der Waals surface area (Å²) < 4.78 is 0. The molecule has 74 valence electrons. The number of benzene rings is 1. The number of nitrogens with two attached hydrogens (primary N) is 1. The lowest BCUT2D eigenvalue weighted by Crippen LogP contribution is -2.03. The van der Waals surface area contributed by atoms with Gasteiger partial charge >= 0.3 is 0 Å². The van der Waals surface area contributed by atoms with Gasteiger partial charge in [-0.2, -0.15) is 0 Å². The molecule has 0 fully saturated rings. The highest BCUT2D eigenvalue weighted by atomic mass is 32.2. The van der Waals surface area contributed by atoms with E-state index in [9.17, 15) is 5.11 Å². The number of aliphatic imine (C=N–C) groups is 1. The highest BCUT2D eigenvalue weighted by Gasteiger charge is 2.12. The van der Waals surface area contributed by atoms with Gasteiger partial charge in [0.25, 0.3) is 0 Å². The molecule has 0 aliphatic carbocycles. The molecule has 2 rings (SSSR count). The first-order valence-electron chi connectivity index (χ1n) is 4.52. The fourth-order valence-electron chi connectivity index (χ4n) is 1.45. The Morgan fingerprint density at radius 1 is 1.50 bits per heavy atom. The Morgan fingerprint density at radius 3 is 3.14 bits per heavy atom. The van der Waals surface area contributed by atoms with Crippen molar-refractivity contribution < 1.29 is 5.11 Å². The number of fused-ring (bicyclic) bond motifs is 1. The van der Waals surface area contributed by atoms with Crippen LogP contribution in [0.2, 0.25) is 0 Å². The quantitative estimate of drug-likeness (QED) is 0.777. The Kier molecular flexibility index (Phi) is 2.74. The number of hydrogen-bond acceptors (Lipinski definition) is 4.